The molecule has 1 saturated heterocycles. The summed E-state index contributed by atoms with van der Waals surface area (Å²) in [6, 6.07) is 16.8. The number of fused-ring (bicyclic) bond motifs is 4. The van der Waals surface area contributed by atoms with Gasteiger partial charge in [0.2, 0.25) is 0 Å². The Balaban J connectivity index is 1.48. The summed E-state index contributed by atoms with van der Waals surface area (Å²) in [5, 5.41) is 0. The van der Waals surface area contributed by atoms with Crippen molar-refractivity contribution in [1.29, 1.82) is 0 Å². The first-order chi connectivity index (χ1) is 15.1. The van der Waals surface area contributed by atoms with Crippen LogP contribution in [-0.2, 0) is 13.0 Å². The zero-order chi connectivity index (χ0) is 21.4. The Bertz CT molecular complexity index is 1150. The molecule has 2 bridgehead atoms. The van der Waals surface area contributed by atoms with Gasteiger partial charge < -0.3 is 9.30 Å². The van der Waals surface area contributed by atoms with Gasteiger partial charge in [-0.05, 0) is 54.7 Å². The quantitative estimate of drug-likeness (QED) is 0.631. The smallest absolute Gasteiger partial charge is 0.251 e. The van der Waals surface area contributed by atoms with Gasteiger partial charge in [0, 0.05) is 49.6 Å². The Morgan fingerprint density at radius 2 is 2.00 bits per heavy atom. The van der Waals surface area contributed by atoms with Crippen LogP contribution in [0.15, 0.2) is 65.6 Å². The van der Waals surface area contributed by atoms with Crippen LogP contribution >= 0.6 is 0 Å². The van der Waals surface area contributed by atoms with Crippen LogP contribution in [0.1, 0.15) is 35.3 Å². The molecule has 2 aliphatic heterocycles. The molecule has 1 aromatic carbocycles. The van der Waals surface area contributed by atoms with Crippen LogP contribution in [-0.4, -0.2) is 34.7 Å². The van der Waals surface area contributed by atoms with E-state index < -0.39 is 0 Å². The number of likely N-dealkylation sites (tertiary alicyclic amines) is 1. The predicted molar refractivity (Wildman–Crippen MR) is 117 cm³/mol. The monoisotopic (exact) mass is 419 g/mol. The van der Waals surface area contributed by atoms with Gasteiger partial charge in [-0.2, -0.15) is 0 Å². The number of pyridine rings is 2. The molecule has 0 spiro atoms. The Hall–Kier alpha value is -2.99. The summed E-state index contributed by atoms with van der Waals surface area (Å²) in [5.41, 5.74) is 2.78. The molecule has 31 heavy (non-hydrogen) atoms. The number of benzene rings is 1. The minimum atomic E-state index is -0.261. The number of methoxy groups -OCH3 is 1. The van der Waals surface area contributed by atoms with E-state index in [-0.39, 0.29) is 23.3 Å². The highest BCUT2D eigenvalue weighted by Crippen LogP contribution is 2.42. The first-order valence-corrected chi connectivity index (χ1v) is 10.8. The fourth-order valence-corrected chi connectivity index (χ4v) is 5.32. The van der Waals surface area contributed by atoms with Crippen molar-refractivity contribution >= 4 is 0 Å². The molecule has 5 rings (SSSR count). The highest BCUT2D eigenvalue weighted by molar-refractivity contribution is 5.30. The van der Waals surface area contributed by atoms with Gasteiger partial charge in [-0.25, -0.2) is 4.39 Å². The average Bonchev–Trinajstić information content (AvgIpc) is 2.78. The maximum Gasteiger partial charge on any atom is 0.251 e. The minimum Gasteiger partial charge on any atom is -0.497 e. The summed E-state index contributed by atoms with van der Waals surface area (Å²) in [6.07, 6.45) is 3.44. The van der Waals surface area contributed by atoms with E-state index in [4.69, 9.17) is 4.74 Å². The second-order valence-electron chi connectivity index (χ2n) is 8.60. The summed E-state index contributed by atoms with van der Waals surface area (Å²) in [4.78, 5) is 19.4. The number of piperidine rings is 1. The molecule has 0 amide bonds. The van der Waals surface area contributed by atoms with Crippen molar-refractivity contribution in [2.24, 2.45) is 5.92 Å². The number of hydrogen-bond donors (Lipinski definition) is 0. The van der Waals surface area contributed by atoms with E-state index in [2.05, 4.69) is 22.0 Å². The van der Waals surface area contributed by atoms with Gasteiger partial charge in [0.15, 0.2) is 0 Å². The predicted octanol–water partition coefficient (Wildman–Crippen LogP) is 3.79. The van der Waals surface area contributed by atoms with Crippen molar-refractivity contribution in [3.05, 3.63) is 93.9 Å². The third-order valence-corrected chi connectivity index (χ3v) is 6.66. The summed E-state index contributed by atoms with van der Waals surface area (Å²) < 4.78 is 21.6. The Morgan fingerprint density at radius 1 is 1.13 bits per heavy atom. The van der Waals surface area contributed by atoms with Crippen molar-refractivity contribution in [2.45, 2.75) is 31.3 Å². The van der Waals surface area contributed by atoms with Crippen molar-refractivity contribution in [1.82, 2.24) is 14.5 Å². The third-order valence-electron chi connectivity index (χ3n) is 6.66. The van der Waals surface area contributed by atoms with Gasteiger partial charge in [-0.3, -0.25) is 14.7 Å². The number of aromatic nitrogens is 2. The Morgan fingerprint density at radius 3 is 2.84 bits per heavy atom. The second-order valence-corrected chi connectivity index (χ2v) is 8.60. The number of rotatable bonds is 5. The van der Waals surface area contributed by atoms with E-state index in [0.717, 1.165) is 42.9 Å². The molecule has 0 aliphatic carbocycles. The van der Waals surface area contributed by atoms with Crippen LogP contribution in [0.2, 0.25) is 0 Å². The molecule has 1 fully saturated rings. The van der Waals surface area contributed by atoms with Crippen molar-refractivity contribution in [3.63, 3.8) is 0 Å². The van der Waals surface area contributed by atoms with E-state index in [1.807, 2.05) is 28.8 Å². The van der Waals surface area contributed by atoms with Crippen LogP contribution in [0.3, 0.4) is 0 Å². The normalized spacial score (nSPS) is 22.7. The lowest BCUT2D eigenvalue weighted by Crippen LogP contribution is -2.49. The average molecular weight is 420 g/mol. The number of ether oxygens (including phenoxy) is 1. The van der Waals surface area contributed by atoms with E-state index in [1.54, 1.807) is 25.4 Å². The molecule has 2 aromatic heterocycles. The maximum atomic E-state index is 14.2. The molecule has 5 nitrogen and oxygen atoms in total. The first-order valence-electron chi connectivity index (χ1n) is 10.8. The third kappa shape index (κ3) is 3.88. The molecule has 6 heteroatoms. The highest BCUT2D eigenvalue weighted by Gasteiger charge is 2.40. The van der Waals surface area contributed by atoms with Gasteiger partial charge >= 0.3 is 0 Å². The van der Waals surface area contributed by atoms with Crippen LogP contribution in [0, 0.1) is 11.7 Å². The molecule has 0 saturated carbocycles. The van der Waals surface area contributed by atoms with E-state index >= 15 is 0 Å². The SMILES string of the molecule is COc1cccc(C[C@H]2[C@H]3C[C@H](CN(Cc4ncccc4F)C3)c3cccc(=O)n32)c1. The van der Waals surface area contributed by atoms with Gasteiger partial charge in [-0.15, -0.1) is 0 Å². The summed E-state index contributed by atoms with van der Waals surface area (Å²) in [6.45, 7) is 2.12. The molecule has 2 aliphatic rings. The lowest BCUT2D eigenvalue weighted by Gasteiger charge is -2.47. The molecule has 0 N–H and O–H groups in total. The maximum absolute atomic E-state index is 14.2. The van der Waals surface area contributed by atoms with Gasteiger partial charge in [0.25, 0.3) is 5.56 Å². The number of hydrogen-bond acceptors (Lipinski definition) is 4. The van der Waals surface area contributed by atoms with Crippen molar-refractivity contribution in [3.8, 4) is 5.75 Å². The van der Waals surface area contributed by atoms with Crippen LogP contribution in [0.25, 0.3) is 0 Å². The molecular formula is C25H26FN3O2. The van der Waals surface area contributed by atoms with Crippen molar-refractivity contribution < 1.29 is 9.13 Å². The molecule has 4 heterocycles. The molecule has 0 unspecified atom stereocenters. The first kappa shape index (κ1) is 19.9. The molecule has 0 radical (unpaired) electrons. The van der Waals surface area contributed by atoms with Crippen LogP contribution in [0.5, 0.6) is 5.75 Å². The topological polar surface area (TPSA) is 47.4 Å². The standard InChI is InChI=1S/C25H26FN3O2/c1-31-20-6-2-5-17(11-20)12-24-19-13-18(23-8-3-9-25(30)29(23)24)14-28(15-19)16-22-21(26)7-4-10-27-22/h2-11,18-19,24H,12-16H2,1H3/t18-,19+,24+/m1/s1. The molecular weight excluding hydrogens is 393 g/mol. The van der Waals surface area contributed by atoms with Crippen molar-refractivity contribution in [2.75, 3.05) is 20.2 Å². The zero-order valence-electron chi connectivity index (χ0n) is 17.6. The highest BCUT2D eigenvalue weighted by atomic mass is 19.1. The summed E-state index contributed by atoms with van der Waals surface area (Å²) in [7, 11) is 1.67. The largest absolute Gasteiger partial charge is 0.497 e. The van der Waals surface area contributed by atoms with Gasteiger partial charge in [-0.1, -0.05) is 18.2 Å². The summed E-state index contributed by atoms with van der Waals surface area (Å²) in [5.74, 6) is 1.14. The lowest BCUT2D eigenvalue weighted by atomic mass is 9.76. The minimum absolute atomic E-state index is 0.0587. The number of halogens is 1. The van der Waals surface area contributed by atoms with E-state index in [1.165, 1.54) is 6.07 Å². The van der Waals surface area contributed by atoms with Crippen LogP contribution < -0.4 is 10.3 Å². The van der Waals surface area contributed by atoms with E-state index in [9.17, 15) is 9.18 Å². The summed E-state index contributed by atoms with van der Waals surface area (Å²) >= 11 is 0. The molecule has 3 atom stereocenters. The Kier molecular flexibility index (Phi) is 5.32. The lowest BCUT2D eigenvalue weighted by molar-refractivity contribution is 0.0836. The van der Waals surface area contributed by atoms with Gasteiger partial charge in [0.1, 0.15) is 11.6 Å². The fraction of sp³-hybridized carbons (Fsp3) is 0.360. The molecule has 3 aromatic rings. The Labute approximate surface area is 181 Å². The van der Waals surface area contributed by atoms with E-state index in [0.29, 0.717) is 18.2 Å². The molecule has 160 valence electrons. The van der Waals surface area contributed by atoms with Crippen LogP contribution in [0.4, 0.5) is 4.39 Å². The van der Waals surface area contributed by atoms with Gasteiger partial charge in [0.05, 0.1) is 12.8 Å². The fourth-order valence-electron chi connectivity index (χ4n) is 5.32. The second kappa shape index (κ2) is 8.27. The number of nitrogens with zero attached hydrogens (tertiary/aromatic N) is 3. The zero-order valence-corrected chi connectivity index (χ0v) is 17.6.